The fraction of sp³-hybridized carbons (Fsp3) is 0.500. The van der Waals surface area contributed by atoms with E-state index in [0.717, 1.165) is 18.9 Å². The van der Waals surface area contributed by atoms with E-state index in [4.69, 9.17) is 5.73 Å². The summed E-state index contributed by atoms with van der Waals surface area (Å²) >= 11 is 0. The van der Waals surface area contributed by atoms with Crippen molar-refractivity contribution in [1.82, 2.24) is 5.32 Å². The number of halogens is 4. The summed E-state index contributed by atoms with van der Waals surface area (Å²) in [5.74, 6) is -2.01. The summed E-state index contributed by atoms with van der Waals surface area (Å²) in [6.07, 6.45) is -1.90. The molecule has 0 aliphatic heterocycles. The average Bonchev–Trinajstić information content (AvgIpc) is 2.40. The van der Waals surface area contributed by atoms with Crippen LogP contribution in [0.25, 0.3) is 0 Å². The number of alkyl halides is 3. The van der Waals surface area contributed by atoms with Gasteiger partial charge in [-0.25, -0.2) is 4.39 Å². The van der Waals surface area contributed by atoms with Crippen LogP contribution < -0.4 is 11.1 Å². The molecule has 2 rings (SSSR count). The number of nitrogens with two attached hydrogens (primary N) is 1. The van der Waals surface area contributed by atoms with Crippen LogP contribution in [-0.4, -0.2) is 18.0 Å². The number of carbonyl (C=O) groups excluding carboxylic acids is 1. The summed E-state index contributed by atoms with van der Waals surface area (Å²) in [5, 5.41) is 2.67. The maximum atomic E-state index is 13.2. The second-order valence-corrected chi connectivity index (χ2v) is 5.28. The van der Waals surface area contributed by atoms with Crippen molar-refractivity contribution in [2.75, 3.05) is 0 Å². The van der Waals surface area contributed by atoms with Crippen molar-refractivity contribution in [3.63, 3.8) is 0 Å². The molecule has 1 saturated carbocycles. The van der Waals surface area contributed by atoms with E-state index in [9.17, 15) is 22.4 Å². The number of carbonyl (C=O) groups is 1. The Morgan fingerprint density at radius 2 is 1.81 bits per heavy atom. The highest BCUT2D eigenvalue weighted by molar-refractivity contribution is 5.94. The van der Waals surface area contributed by atoms with Gasteiger partial charge in [-0.2, -0.15) is 13.2 Å². The largest absolute Gasteiger partial charge is 0.419 e. The molecule has 0 bridgehead atoms. The van der Waals surface area contributed by atoms with Crippen LogP contribution in [0.1, 0.15) is 41.6 Å². The van der Waals surface area contributed by atoms with Gasteiger partial charge in [-0.3, -0.25) is 4.79 Å². The average molecular weight is 304 g/mol. The number of hydrogen-bond donors (Lipinski definition) is 2. The van der Waals surface area contributed by atoms with Crippen LogP contribution in [-0.2, 0) is 6.18 Å². The third-order valence-electron chi connectivity index (χ3n) is 3.64. The molecule has 0 aromatic heterocycles. The Balaban J connectivity index is 2.09. The zero-order valence-electron chi connectivity index (χ0n) is 11.2. The lowest BCUT2D eigenvalue weighted by Crippen LogP contribution is -2.40. The van der Waals surface area contributed by atoms with Gasteiger partial charge in [0.15, 0.2) is 0 Å². The fourth-order valence-corrected chi connectivity index (χ4v) is 2.42. The fourth-order valence-electron chi connectivity index (χ4n) is 2.42. The van der Waals surface area contributed by atoms with Gasteiger partial charge < -0.3 is 11.1 Å². The molecule has 3 nitrogen and oxygen atoms in total. The summed E-state index contributed by atoms with van der Waals surface area (Å²) in [5.41, 5.74) is 4.12. The van der Waals surface area contributed by atoms with Crippen LogP contribution in [0.4, 0.5) is 17.6 Å². The van der Waals surface area contributed by atoms with Crippen LogP contribution in [0.3, 0.4) is 0 Å². The summed E-state index contributed by atoms with van der Waals surface area (Å²) in [7, 11) is 0. The van der Waals surface area contributed by atoms with Crippen LogP contribution >= 0.6 is 0 Å². The molecule has 0 radical (unpaired) electrons. The standard InChI is InChI=1S/C14H16F4N2O/c15-12-6-1-8(7-11(12)14(16,17)18)13(21)20-10-4-2-9(19)3-5-10/h1,6-7,9-10H,2-5,19H2,(H,20,21). The zero-order chi connectivity index (χ0) is 15.6. The molecule has 1 aromatic carbocycles. The quantitative estimate of drug-likeness (QED) is 0.826. The van der Waals surface area contributed by atoms with Gasteiger partial charge in [0.2, 0.25) is 0 Å². The Hall–Kier alpha value is -1.63. The molecular weight excluding hydrogens is 288 g/mol. The van der Waals surface area contributed by atoms with Gasteiger partial charge in [-0.15, -0.1) is 0 Å². The molecule has 116 valence electrons. The van der Waals surface area contributed by atoms with E-state index in [-0.39, 0.29) is 17.6 Å². The van der Waals surface area contributed by atoms with E-state index in [1.165, 1.54) is 0 Å². The first-order valence-corrected chi connectivity index (χ1v) is 6.70. The third kappa shape index (κ3) is 3.93. The van der Waals surface area contributed by atoms with Gasteiger partial charge in [-0.05, 0) is 43.9 Å². The predicted octanol–water partition coefficient (Wildman–Crippen LogP) is 2.84. The van der Waals surface area contributed by atoms with E-state index in [2.05, 4.69) is 5.32 Å². The van der Waals surface area contributed by atoms with E-state index in [1.54, 1.807) is 0 Å². The minimum absolute atomic E-state index is 0.100. The molecule has 1 amide bonds. The smallest absolute Gasteiger partial charge is 0.349 e. The maximum Gasteiger partial charge on any atom is 0.419 e. The van der Waals surface area contributed by atoms with Crippen molar-refractivity contribution in [2.45, 2.75) is 43.9 Å². The minimum atomic E-state index is -4.82. The SMILES string of the molecule is NC1CCC(NC(=O)c2ccc(F)c(C(F)(F)F)c2)CC1. The molecule has 3 N–H and O–H groups in total. The van der Waals surface area contributed by atoms with Gasteiger partial charge in [0.25, 0.3) is 5.91 Å². The minimum Gasteiger partial charge on any atom is -0.349 e. The molecule has 0 atom stereocenters. The monoisotopic (exact) mass is 304 g/mol. The lowest BCUT2D eigenvalue weighted by molar-refractivity contribution is -0.140. The van der Waals surface area contributed by atoms with Gasteiger partial charge >= 0.3 is 6.18 Å². The van der Waals surface area contributed by atoms with Crippen molar-refractivity contribution in [3.05, 3.63) is 35.1 Å². The number of hydrogen-bond acceptors (Lipinski definition) is 2. The van der Waals surface area contributed by atoms with E-state index < -0.39 is 23.5 Å². The summed E-state index contributed by atoms with van der Waals surface area (Å²) in [6.45, 7) is 0. The van der Waals surface area contributed by atoms with Crippen LogP contribution in [0, 0.1) is 5.82 Å². The first-order valence-electron chi connectivity index (χ1n) is 6.70. The Morgan fingerprint density at radius 3 is 2.38 bits per heavy atom. The molecule has 1 fully saturated rings. The molecule has 7 heteroatoms. The topological polar surface area (TPSA) is 55.1 Å². The van der Waals surface area contributed by atoms with Gasteiger partial charge in [-0.1, -0.05) is 0 Å². The summed E-state index contributed by atoms with van der Waals surface area (Å²) < 4.78 is 51.0. The molecule has 1 aliphatic carbocycles. The Labute approximate surface area is 119 Å². The van der Waals surface area contributed by atoms with E-state index in [1.807, 2.05) is 0 Å². The highest BCUT2D eigenvalue weighted by atomic mass is 19.4. The van der Waals surface area contributed by atoms with Crippen molar-refractivity contribution < 1.29 is 22.4 Å². The summed E-state index contributed by atoms with van der Waals surface area (Å²) in [6, 6.07) is 2.26. The Bertz CT molecular complexity index is 522. The number of benzene rings is 1. The molecule has 0 saturated heterocycles. The third-order valence-corrected chi connectivity index (χ3v) is 3.64. The number of nitrogens with one attached hydrogen (secondary N) is 1. The van der Waals surface area contributed by atoms with Crippen molar-refractivity contribution >= 4 is 5.91 Å². The lowest BCUT2D eigenvalue weighted by Gasteiger charge is -2.26. The number of rotatable bonds is 2. The van der Waals surface area contributed by atoms with E-state index >= 15 is 0 Å². The zero-order valence-corrected chi connectivity index (χ0v) is 11.2. The molecule has 1 aromatic rings. The highest BCUT2D eigenvalue weighted by Gasteiger charge is 2.34. The van der Waals surface area contributed by atoms with Gasteiger partial charge in [0, 0.05) is 17.6 Å². The second kappa shape index (κ2) is 6.01. The molecule has 0 unspecified atom stereocenters. The predicted molar refractivity (Wildman–Crippen MR) is 69.1 cm³/mol. The maximum absolute atomic E-state index is 13.2. The number of amides is 1. The first-order chi connectivity index (χ1) is 9.77. The summed E-state index contributed by atoms with van der Waals surface area (Å²) in [4.78, 5) is 12.0. The lowest BCUT2D eigenvalue weighted by atomic mass is 9.91. The second-order valence-electron chi connectivity index (χ2n) is 5.28. The van der Waals surface area contributed by atoms with Crippen LogP contribution in [0.2, 0.25) is 0 Å². The van der Waals surface area contributed by atoms with Crippen molar-refractivity contribution in [1.29, 1.82) is 0 Å². The highest BCUT2D eigenvalue weighted by Crippen LogP contribution is 2.32. The first kappa shape index (κ1) is 15.8. The van der Waals surface area contributed by atoms with E-state index in [0.29, 0.717) is 25.0 Å². The normalized spacial score (nSPS) is 22.9. The van der Waals surface area contributed by atoms with Gasteiger partial charge in [0.1, 0.15) is 5.82 Å². The molecular formula is C14H16F4N2O. The van der Waals surface area contributed by atoms with Crippen LogP contribution in [0.15, 0.2) is 18.2 Å². The Morgan fingerprint density at radius 1 is 1.19 bits per heavy atom. The molecule has 0 spiro atoms. The molecule has 21 heavy (non-hydrogen) atoms. The Kier molecular flexibility index (Phi) is 4.51. The van der Waals surface area contributed by atoms with Crippen molar-refractivity contribution in [3.8, 4) is 0 Å². The molecule has 1 aliphatic rings. The molecule has 0 heterocycles. The van der Waals surface area contributed by atoms with Crippen LogP contribution in [0.5, 0.6) is 0 Å². The van der Waals surface area contributed by atoms with Crippen molar-refractivity contribution in [2.24, 2.45) is 5.73 Å². The van der Waals surface area contributed by atoms with Gasteiger partial charge in [0.05, 0.1) is 5.56 Å².